The molecule has 100 valence electrons. The minimum atomic E-state index is -0.484. The van der Waals surface area contributed by atoms with Crippen molar-refractivity contribution in [1.82, 2.24) is 10.3 Å². The van der Waals surface area contributed by atoms with E-state index in [0.717, 1.165) is 24.4 Å². The summed E-state index contributed by atoms with van der Waals surface area (Å²) in [5, 5.41) is 8.15. The number of nitrogens with two attached hydrogens (primary N) is 1. The van der Waals surface area contributed by atoms with Gasteiger partial charge in [0.1, 0.15) is 0 Å². The smallest absolute Gasteiger partial charge is 0.243 e. The average Bonchev–Trinajstić information content (AvgIpc) is 2.80. The third-order valence-corrected chi connectivity index (χ3v) is 3.15. The van der Waals surface area contributed by atoms with Crippen LogP contribution in [0.25, 0.3) is 0 Å². The van der Waals surface area contributed by atoms with E-state index in [9.17, 15) is 4.79 Å². The van der Waals surface area contributed by atoms with Crippen LogP contribution in [0.15, 0.2) is 11.6 Å². The number of nitrogens with one attached hydrogen (secondary N) is 2. The maximum absolute atomic E-state index is 11.7. The third-order valence-electron chi connectivity index (χ3n) is 2.32. The maximum Gasteiger partial charge on any atom is 0.243 e. The molecule has 4 N–H and O–H groups in total. The van der Waals surface area contributed by atoms with Gasteiger partial charge in [0.2, 0.25) is 5.91 Å². The van der Waals surface area contributed by atoms with Crippen molar-refractivity contribution < 1.29 is 4.79 Å². The van der Waals surface area contributed by atoms with E-state index in [-0.39, 0.29) is 5.91 Å². The van der Waals surface area contributed by atoms with E-state index >= 15 is 0 Å². The Bertz CT molecular complexity index is 380. The lowest BCUT2D eigenvalue weighted by Gasteiger charge is -2.10. The van der Waals surface area contributed by atoms with Gasteiger partial charge < -0.3 is 16.4 Å². The zero-order valence-corrected chi connectivity index (χ0v) is 11.9. The summed E-state index contributed by atoms with van der Waals surface area (Å²) in [6.07, 6.45) is 4.15. The van der Waals surface area contributed by atoms with Crippen LogP contribution in [-0.4, -0.2) is 28.5 Å². The first-order valence-electron chi connectivity index (χ1n) is 5.80. The second-order valence-corrected chi connectivity index (χ2v) is 5.42. The van der Waals surface area contributed by atoms with Gasteiger partial charge in [0.25, 0.3) is 0 Å². The molecule has 0 spiro atoms. The molecule has 1 amide bonds. The predicted octanol–water partition coefficient (Wildman–Crippen LogP) is 1.52. The molecule has 0 aliphatic rings. The minimum absolute atomic E-state index is 0.177. The molecule has 1 aromatic rings. The number of carbonyl (C=O) groups excluding carboxylic acids is 1. The lowest BCUT2D eigenvalue weighted by atomic mass is 10.1. The molecule has 0 unspecified atom stereocenters. The molecule has 0 bridgehead atoms. The number of thiocarbonyl (C=S) groups is 1. The zero-order chi connectivity index (χ0) is 13.4. The summed E-state index contributed by atoms with van der Waals surface area (Å²) >= 11 is 6.28. The largest absolute Gasteiger partial charge is 0.380 e. The number of anilines is 1. The fourth-order valence-corrected chi connectivity index (χ4v) is 2.00. The van der Waals surface area contributed by atoms with Crippen molar-refractivity contribution in [1.29, 1.82) is 0 Å². The molecule has 0 aliphatic carbocycles. The van der Waals surface area contributed by atoms with Crippen LogP contribution in [0.2, 0.25) is 0 Å². The number of carbonyl (C=O) groups is 1. The molecule has 0 aliphatic heterocycles. The molecule has 0 saturated carbocycles. The highest BCUT2D eigenvalue weighted by atomic mass is 32.1. The van der Waals surface area contributed by atoms with Crippen LogP contribution in [0.1, 0.15) is 26.2 Å². The summed E-state index contributed by atoms with van der Waals surface area (Å²) < 4.78 is 0. The van der Waals surface area contributed by atoms with Gasteiger partial charge in [0.15, 0.2) is 5.13 Å². The van der Waals surface area contributed by atoms with Crippen molar-refractivity contribution >= 4 is 39.6 Å². The molecular formula is C11H18N4OS2. The SMILES string of the molecule is CC(=S)NCCCC[C@H](N)C(=O)Nc1nccs1. The molecule has 18 heavy (non-hydrogen) atoms. The van der Waals surface area contributed by atoms with E-state index in [4.69, 9.17) is 18.0 Å². The first-order valence-corrected chi connectivity index (χ1v) is 7.08. The molecular weight excluding hydrogens is 268 g/mol. The van der Waals surface area contributed by atoms with E-state index in [1.807, 2.05) is 6.92 Å². The van der Waals surface area contributed by atoms with Crippen LogP contribution in [-0.2, 0) is 4.79 Å². The standard InChI is InChI=1S/C11H18N4OS2/c1-8(17)13-5-3-2-4-9(12)10(16)15-11-14-6-7-18-11/h6-7,9H,2-5,12H2,1H3,(H,13,17)(H,14,15,16)/t9-/m0/s1. The van der Waals surface area contributed by atoms with Gasteiger partial charge in [-0.2, -0.15) is 0 Å². The van der Waals surface area contributed by atoms with Gasteiger partial charge in [-0.1, -0.05) is 12.2 Å². The van der Waals surface area contributed by atoms with Crippen molar-refractivity contribution in [3.63, 3.8) is 0 Å². The van der Waals surface area contributed by atoms with Crippen molar-refractivity contribution in [3.8, 4) is 0 Å². The Balaban J connectivity index is 2.14. The first-order chi connectivity index (χ1) is 8.59. The fraction of sp³-hybridized carbons (Fsp3) is 0.545. The van der Waals surface area contributed by atoms with Crippen molar-refractivity contribution in [2.45, 2.75) is 32.2 Å². The zero-order valence-electron chi connectivity index (χ0n) is 10.3. The Morgan fingerprint density at radius 1 is 1.61 bits per heavy atom. The monoisotopic (exact) mass is 286 g/mol. The van der Waals surface area contributed by atoms with E-state index in [2.05, 4.69) is 15.6 Å². The summed E-state index contributed by atoms with van der Waals surface area (Å²) in [4.78, 5) is 16.4. The number of amides is 1. The Kier molecular flexibility index (Phi) is 6.77. The number of unbranched alkanes of at least 4 members (excludes halogenated alkanes) is 1. The van der Waals surface area contributed by atoms with Gasteiger partial charge >= 0.3 is 0 Å². The van der Waals surface area contributed by atoms with Gasteiger partial charge in [-0.15, -0.1) is 11.3 Å². The van der Waals surface area contributed by atoms with Gasteiger partial charge in [-0.25, -0.2) is 4.98 Å². The van der Waals surface area contributed by atoms with Crippen molar-refractivity contribution in [3.05, 3.63) is 11.6 Å². The summed E-state index contributed by atoms with van der Waals surface area (Å²) in [7, 11) is 0. The van der Waals surface area contributed by atoms with Crippen molar-refractivity contribution in [2.75, 3.05) is 11.9 Å². The molecule has 0 radical (unpaired) electrons. The van der Waals surface area contributed by atoms with Crippen LogP contribution in [0, 0.1) is 0 Å². The highest BCUT2D eigenvalue weighted by Gasteiger charge is 2.13. The van der Waals surface area contributed by atoms with Gasteiger partial charge in [0.05, 0.1) is 11.0 Å². The highest BCUT2D eigenvalue weighted by molar-refractivity contribution is 7.80. The molecule has 1 heterocycles. The normalized spacial score (nSPS) is 11.9. The number of nitrogens with zero attached hydrogens (tertiary/aromatic N) is 1. The lowest BCUT2D eigenvalue weighted by Crippen LogP contribution is -2.35. The Morgan fingerprint density at radius 2 is 2.39 bits per heavy atom. The molecule has 5 nitrogen and oxygen atoms in total. The van der Waals surface area contributed by atoms with E-state index in [1.54, 1.807) is 11.6 Å². The Labute approximate surface area is 116 Å². The third kappa shape index (κ3) is 6.04. The Hall–Kier alpha value is -1.05. The Morgan fingerprint density at radius 3 is 3.00 bits per heavy atom. The van der Waals surface area contributed by atoms with Crippen molar-refractivity contribution in [2.24, 2.45) is 5.73 Å². The number of aromatic nitrogens is 1. The van der Waals surface area contributed by atoms with Gasteiger partial charge in [-0.05, 0) is 26.2 Å². The van der Waals surface area contributed by atoms with E-state index in [0.29, 0.717) is 11.6 Å². The number of hydrogen-bond acceptors (Lipinski definition) is 5. The summed E-state index contributed by atoms with van der Waals surface area (Å²) in [6.45, 7) is 2.68. The highest BCUT2D eigenvalue weighted by Crippen LogP contribution is 2.11. The van der Waals surface area contributed by atoms with E-state index in [1.165, 1.54) is 11.3 Å². The molecule has 0 fully saturated rings. The minimum Gasteiger partial charge on any atom is -0.380 e. The van der Waals surface area contributed by atoms with Crippen LogP contribution in [0.3, 0.4) is 0 Å². The van der Waals surface area contributed by atoms with Crippen LogP contribution < -0.4 is 16.4 Å². The maximum atomic E-state index is 11.7. The second-order valence-electron chi connectivity index (χ2n) is 3.91. The molecule has 1 aromatic heterocycles. The lowest BCUT2D eigenvalue weighted by molar-refractivity contribution is -0.117. The molecule has 1 atom stereocenters. The van der Waals surface area contributed by atoms with Crippen LogP contribution in [0.4, 0.5) is 5.13 Å². The second kappa shape index (κ2) is 8.12. The topological polar surface area (TPSA) is 80.0 Å². The first kappa shape index (κ1) is 15.0. The molecule has 7 heteroatoms. The quantitative estimate of drug-likeness (QED) is 0.523. The fourth-order valence-electron chi connectivity index (χ4n) is 1.37. The number of thiazole rings is 1. The summed E-state index contributed by atoms with van der Waals surface area (Å²) in [5.41, 5.74) is 5.79. The molecule has 1 rings (SSSR count). The number of hydrogen-bond donors (Lipinski definition) is 3. The molecule has 0 saturated heterocycles. The average molecular weight is 286 g/mol. The van der Waals surface area contributed by atoms with Gasteiger partial charge in [-0.3, -0.25) is 4.79 Å². The van der Waals surface area contributed by atoms with Gasteiger partial charge in [0, 0.05) is 18.1 Å². The van der Waals surface area contributed by atoms with Crippen LogP contribution in [0.5, 0.6) is 0 Å². The number of rotatable bonds is 7. The summed E-state index contributed by atoms with van der Waals surface area (Å²) in [5.74, 6) is -0.177. The summed E-state index contributed by atoms with van der Waals surface area (Å²) in [6, 6.07) is -0.484. The predicted molar refractivity (Wildman–Crippen MR) is 78.8 cm³/mol. The molecule has 0 aromatic carbocycles. The van der Waals surface area contributed by atoms with Crippen LogP contribution >= 0.6 is 23.6 Å². The van der Waals surface area contributed by atoms with E-state index < -0.39 is 6.04 Å².